The first-order valence-corrected chi connectivity index (χ1v) is 4.68. The highest BCUT2D eigenvalue weighted by Crippen LogP contribution is 2.30. The summed E-state index contributed by atoms with van der Waals surface area (Å²) in [5.41, 5.74) is 1.53. The zero-order chi connectivity index (χ0) is 10.7. The summed E-state index contributed by atoms with van der Waals surface area (Å²) < 4.78 is 4.65. The van der Waals surface area contributed by atoms with Crippen LogP contribution in [0.25, 0.3) is 0 Å². The number of carbonyl (C=O) groups is 1. The van der Waals surface area contributed by atoms with Gasteiger partial charge in [0.25, 0.3) is 0 Å². The molecule has 5 heteroatoms. The molecule has 1 aliphatic rings. The molecule has 2 N–H and O–H groups in total. The number of hydrogen-bond acceptors (Lipinski definition) is 4. The largest absolute Gasteiger partial charge is 0.484 e. The quantitative estimate of drug-likeness (QED) is 0.494. The minimum absolute atomic E-state index is 0.123. The smallest absolute Gasteiger partial charge is 0.469 e. The fraction of sp³-hybridized carbons (Fsp3) is 0.667. The molecule has 1 unspecified atom stereocenters. The van der Waals surface area contributed by atoms with Crippen LogP contribution in [0.5, 0.6) is 0 Å². The predicted molar refractivity (Wildman–Crippen MR) is 52.2 cm³/mol. The van der Waals surface area contributed by atoms with Crippen LogP contribution in [0.1, 0.15) is 26.2 Å². The van der Waals surface area contributed by atoms with Crippen molar-refractivity contribution in [2.45, 2.75) is 26.2 Å². The first-order valence-electron chi connectivity index (χ1n) is 4.68. The summed E-state index contributed by atoms with van der Waals surface area (Å²) in [6.45, 7) is 1.82. The maximum Gasteiger partial charge on any atom is 0.484 e. The lowest BCUT2D eigenvalue weighted by atomic mass is 9.68. The Bertz CT molecular complexity index is 260. The van der Waals surface area contributed by atoms with E-state index in [2.05, 4.69) is 4.74 Å². The van der Waals surface area contributed by atoms with Crippen LogP contribution in [0, 0.1) is 5.92 Å². The van der Waals surface area contributed by atoms with Crippen LogP contribution in [0.15, 0.2) is 11.0 Å². The Balaban J connectivity index is 2.69. The van der Waals surface area contributed by atoms with E-state index in [1.165, 1.54) is 7.11 Å². The molecule has 14 heavy (non-hydrogen) atoms. The molecule has 78 valence electrons. The Morgan fingerprint density at radius 3 is 2.64 bits per heavy atom. The Hall–Kier alpha value is -0.805. The summed E-state index contributed by atoms with van der Waals surface area (Å²) in [5, 5.41) is 18.0. The maximum atomic E-state index is 11.2. The number of allylic oxidation sites excluding steroid dienone is 2. The molecule has 0 aromatic heterocycles. The van der Waals surface area contributed by atoms with Gasteiger partial charge in [-0.05, 0) is 31.7 Å². The highest BCUT2D eigenvalue weighted by molar-refractivity contribution is 6.50. The van der Waals surface area contributed by atoms with Gasteiger partial charge in [-0.15, -0.1) is 0 Å². The fourth-order valence-electron chi connectivity index (χ4n) is 1.86. The third-order valence-corrected chi connectivity index (χ3v) is 2.71. The number of hydrogen-bond donors (Lipinski definition) is 2. The summed E-state index contributed by atoms with van der Waals surface area (Å²) in [6, 6.07) is 0. The molecule has 0 spiro atoms. The average Bonchev–Trinajstić information content (AvgIpc) is 2.15. The molecule has 0 saturated carbocycles. The lowest BCUT2D eigenvalue weighted by Gasteiger charge is -2.23. The van der Waals surface area contributed by atoms with Crippen LogP contribution in [0.3, 0.4) is 0 Å². The molecule has 1 aliphatic carbocycles. The second-order valence-electron chi connectivity index (χ2n) is 3.64. The van der Waals surface area contributed by atoms with E-state index in [1.807, 2.05) is 6.92 Å². The normalized spacial score (nSPS) is 22.1. The van der Waals surface area contributed by atoms with E-state index in [9.17, 15) is 4.79 Å². The van der Waals surface area contributed by atoms with Crippen molar-refractivity contribution >= 4 is 13.1 Å². The minimum Gasteiger partial charge on any atom is -0.469 e. The molecule has 1 rings (SSSR count). The van der Waals surface area contributed by atoms with Crippen LogP contribution >= 0.6 is 0 Å². The predicted octanol–water partition coefficient (Wildman–Crippen LogP) is 0.288. The van der Waals surface area contributed by atoms with Crippen molar-refractivity contribution in [3.05, 3.63) is 11.0 Å². The lowest BCUT2D eigenvalue weighted by Crippen LogP contribution is -2.26. The molecule has 0 aromatic carbocycles. The van der Waals surface area contributed by atoms with Gasteiger partial charge in [0.2, 0.25) is 0 Å². The van der Waals surface area contributed by atoms with E-state index in [0.29, 0.717) is 24.7 Å². The number of esters is 1. The summed E-state index contributed by atoms with van der Waals surface area (Å²) in [5.74, 6) is -0.335. The molecule has 0 saturated heterocycles. The van der Waals surface area contributed by atoms with Crippen molar-refractivity contribution in [2.75, 3.05) is 7.11 Å². The minimum atomic E-state index is -1.38. The third-order valence-electron chi connectivity index (χ3n) is 2.71. The van der Waals surface area contributed by atoms with Crippen molar-refractivity contribution < 1.29 is 19.6 Å². The van der Waals surface area contributed by atoms with Gasteiger partial charge in [0, 0.05) is 0 Å². The Labute approximate surface area is 83.7 Å². The number of ether oxygens (including phenoxy) is 1. The maximum absolute atomic E-state index is 11.2. The van der Waals surface area contributed by atoms with Crippen LogP contribution in [-0.4, -0.2) is 30.2 Å². The van der Waals surface area contributed by atoms with Gasteiger partial charge in [0.15, 0.2) is 0 Å². The van der Waals surface area contributed by atoms with E-state index in [4.69, 9.17) is 10.0 Å². The van der Waals surface area contributed by atoms with Gasteiger partial charge < -0.3 is 14.8 Å². The van der Waals surface area contributed by atoms with Gasteiger partial charge in [0.1, 0.15) is 0 Å². The molecule has 1 atom stereocenters. The van der Waals surface area contributed by atoms with E-state index in [1.54, 1.807) is 0 Å². The zero-order valence-corrected chi connectivity index (χ0v) is 8.49. The molecule has 4 nitrogen and oxygen atoms in total. The summed E-state index contributed by atoms with van der Waals surface area (Å²) in [7, 11) is -0.00812. The highest BCUT2D eigenvalue weighted by Gasteiger charge is 2.29. The van der Waals surface area contributed by atoms with Crippen LogP contribution in [0.2, 0.25) is 0 Å². The van der Waals surface area contributed by atoms with E-state index >= 15 is 0 Å². The summed E-state index contributed by atoms with van der Waals surface area (Å²) in [4.78, 5) is 11.2. The van der Waals surface area contributed by atoms with Crippen LogP contribution in [-0.2, 0) is 9.53 Å². The summed E-state index contributed by atoms with van der Waals surface area (Å²) in [6.07, 6.45) is 1.76. The van der Waals surface area contributed by atoms with Crippen LogP contribution in [0.4, 0.5) is 0 Å². The van der Waals surface area contributed by atoms with Gasteiger partial charge in [-0.2, -0.15) is 0 Å². The van der Waals surface area contributed by atoms with Gasteiger partial charge in [-0.1, -0.05) is 5.57 Å². The van der Waals surface area contributed by atoms with Crippen molar-refractivity contribution in [2.24, 2.45) is 5.92 Å². The van der Waals surface area contributed by atoms with Crippen molar-refractivity contribution in [3.8, 4) is 0 Å². The average molecular weight is 198 g/mol. The molecule has 0 fully saturated rings. The Kier molecular flexibility index (Phi) is 3.72. The van der Waals surface area contributed by atoms with Gasteiger partial charge in [-0.3, -0.25) is 4.79 Å². The van der Waals surface area contributed by atoms with E-state index in [-0.39, 0.29) is 11.9 Å². The number of methoxy groups -OCH3 is 1. The topological polar surface area (TPSA) is 66.8 Å². The van der Waals surface area contributed by atoms with Crippen LogP contribution < -0.4 is 0 Å². The number of rotatable bonds is 2. The first-order chi connectivity index (χ1) is 6.56. The van der Waals surface area contributed by atoms with Crippen molar-refractivity contribution in [1.29, 1.82) is 0 Å². The molecular formula is C9H15BO4. The van der Waals surface area contributed by atoms with E-state index in [0.717, 1.165) is 5.57 Å². The molecule has 0 radical (unpaired) electrons. The zero-order valence-electron chi connectivity index (χ0n) is 8.49. The second kappa shape index (κ2) is 4.62. The monoisotopic (exact) mass is 198 g/mol. The molecule has 0 aliphatic heterocycles. The molecular weight excluding hydrogens is 183 g/mol. The summed E-state index contributed by atoms with van der Waals surface area (Å²) >= 11 is 0. The van der Waals surface area contributed by atoms with Gasteiger partial charge >= 0.3 is 13.1 Å². The van der Waals surface area contributed by atoms with Gasteiger partial charge in [-0.25, -0.2) is 0 Å². The standard InChI is InChI=1S/C9H15BO4/c1-6-5-7(9(11)14-2)3-4-8(6)10(12)13/h7,12-13H,3-5H2,1-2H3. The van der Waals surface area contributed by atoms with Gasteiger partial charge in [0.05, 0.1) is 13.0 Å². The Morgan fingerprint density at radius 1 is 1.57 bits per heavy atom. The third kappa shape index (κ3) is 2.36. The molecule has 0 aromatic rings. The lowest BCUT2D eigenvalue weighted by molar-refractivity contribution is -0.145. The number of carbonyl (C=O) groups excluding carboxylic acids is 1. The molecule has 0 bridgehead atoms. The Morgan fingerprint density at radius 2 is 2.21 bits per heavy atom. The molecule has 0 heterocycles. The van der Waals surface area contributed by atoms with E-state index < -0.39 is 7.12 Å². The SMILES string of the molecule is COC(=O)C1CCC(B(O)O)=C(C)C1. The van der Waals surface area contributed by atoms with Crippen molar-refractivity contribution in [1.82, 2.24) is 0 Å². The molecule has 0 amide bonds. The van der Waals surface area contributed by atoms with Crippen molar-refractivity contribution in [3.63, 3.8) is 0 Å². The highest BCUT2D eigenvalue weighted by atomic mass is 16.5. The fourth-order valence-corrected chi connectivity index (χ4v) is 1.86. The second-order valence-corrected chi connectivity index (χ2v) is 3.64. The first kappa shape index (κ1) is 11.3.